The Hall–Kier alpha value is -2.37. The van der Waals surface area contributed by atoms with E-state index in [1.54, 1.807) is 0 Å². The number of amides is 1. The molecule has 0 saturated carbocycles. The van der Waals surface area contributed by atoms with Crippen LogP contribution in [-0.4, -0.2) is 65.7 Å². The van der Waals surface area contributed by atoms with Gasteiger partial charge < -0.3 is 4.84 Å². The van der Waals surface area contributed by atoms with Crippen molar-refractivity contribution in [1.82, 2.24) is 5.06 Å². The number of allylic oxidation sites excluding steroid dienone is 1. The SMILES string of the molecule is CCC=C(C)C(=O)ON(C)C(=O)C(F)(F)C(F)(F)C(F)(F)C(F)(F)C(F)(F)C(F)(F)C(F)(F)F. The Labute approximate surface area is 179 Å². The third-order valence-corrected chi connectivity index (χ3v) is 3.93. The quantitative estimate of drug-likeness (QED) is 0.228. The average molecular weight is 539 g/mol. The Morgan fingerprint density at radius 2 is 1.06 bits per heavy atom. The van der Waals surface area contributed by atoms with Crippen molar-refractivity contribution in [2.45, 2.75) is 62.0 Å². The fourth-order valence-electron chi connectivity index (χ4n) is 1.93. The lowest BCUT2D eigenvalue weighted by atomic mass is 9.91. The van der Waals surface area contributed by atoms with Crippen LogP contribution >= 0.6 is 0 Å². The van der Waals surface area contributed by atoms with E-state index in [-0.39, 0.29) is 13.5 Å². The summed E-state index contributed by atoms with van der Waals surface area (Å²) >= 11 is 0. The normalized spacial score (nSPS) is 15.3. The van der Waals surface area contributed by atoms with E-state index >= 15 is 0 Å². The molecule has 0 N–H and O–H groups in total. The van der Waals surface area contributed by atoms with E-state index in [0.717, 1.165) is 13.0 Å². The van der Waals surface area contributed by atoms with Crippen LogP contribution in [0.1, 0.15) is 20.3 Å². The number of carbonyl (C=O) groups excluding carboxylic acids is 2. The number of hydroxylamine groups is 2. The summed E-state index contributed by atoms with van der Waals surface area (Å²) in [6, 6.07) is 0. The lowest BCUT2D eigenvalue weighted by molar-refractivity contribution is -0.450. The van der Waals surface area contributed by atoms with Crippen molar-refractivity contribution in [3.05, 3.63) is 11.6 Å². The zero-order valence-electron chi connectivity index (χ0n) is 16.6. The Bertz CT molecular complexity index is 816. The summed E-state index contributed by atoms with van der Waals surface area (Å²) in [5.41, 5.74) is -0.483. The second-order valence-electron chi connectivity index (χ2n) is 6.42. The van der Waals surface area contributed by atoms with Crippen molar-refractivity contribution in [2.24, 2.45) is 0 Å². The van der Waals surface area contributed by atoms with Crippen LogP contribution in [0.2, 0.25) is 0 Å². The van der Waals surface area contributed by atoms with Crippen molar-refractivity contribution in [3.8, 4) is 0 Å². The highest BCUT2D eigenvalue weighted by molar-refractivity contribution is 5.90. The van der Waals surface area contributed by atoms with Crippen LogP contribution in [0.3, 0.4) is 0 Å². The molecule has 200 valence electrons. The first kappa shape index (κ1) is 31.6. The Balaban J connectivity index is 6.43. The van der Waals surface area contributed by atoms with Gasteiger partial charge in [0.1, 0.15) is 0 Å². The molecule has 1 amide bonds. The lowest BCUT2D eigenvalue weighted by Crippen LogP contribution is -2.74. The lowest BCUT2D eigenvalue weighted by Gasteiger charge is -2.41. The van der Waals surface area contributed by atoms with Crippen LogP contribution in [0, 0.1) is 0 Å². The molecule has 19 heteroatoms. The van der Waals surface area contributed by atoms with Crippen LogP contribution in [-0.2, 0) is 14.4 Å². The van der Waals surface area contributed by atoms with Gasteiger partial charge in [0.15, 0.2) is 0 Å². The van der Waals surface area contributed by atoms with Gasteiger partial charge in [0, 0.05) is 12.6 Å². The molecular weight excluding hydrogens is 527 g/mol. The smallest absolute Gasteiger partial charge is 0.333 e. The number of hydrogen-bond donors (Lipinski definition) is 0. The molecule has 0 radical (unpaired) electrons. The predicted octanol–water partition coefficient (Wildman–Crippen LogP) is 5.63. The van der Waals surface area contributed by atoms with Gasteiger partial charge in [-0.1, -0.05) is 13.0 Å². The van der Waals surface area contributed by atoms with Crippen LogP contribution in [0.25, 0.3) is 0 Å². The molecule has 34 heavy (non-hydrogen) atoms. The van der Waals surface area contributed by atoms with E-state index in [9.17, 15) is 75.4 Å². The molecule has 0 fully saturated rings. The number of alkyl halides is 15. The summed E-state index contributed by atoms with van der Waals surface area (Å²) in [4.78, 5) is 26.6. The van der Waals surface area contributed by atoms with Gasteiger partial charge in [0.2, 0.25) is 0 Å². The minimum Gasteiger partial charge on any atom is -0.333 e. The summed E-state index contributed by atoms with van der Waals surface area (Å²) in [5, 5.41) is -1.19. The van der Waals surface area contributed by atoms with E-state index in [2.05, 4.69) is 4.84 Å². The molecule has 0 rings (SSSR count). The maximum absolute atomic E-state index is 13.8. The summed E-state index contributed by atoms with van der Waals surface area (Å²) in [6.07, 6.45) is -6.65. The second-order valence-corrected chi connectivity index (χ2v) is 6.42. The third-order valence-electron chi connectivity index (χ3n) is 3.93. The Morgan fingerprint density at radius 1 is 0.706 bits per heavy atom. The van der Waals surface area contributed by atoms with E-state index in [1.165, 1.54) is 6.92 Å². The third kappa shape index (κ3) is 4.60. The van der Waals surface area contributed by atoms with Crippen molar-refractivity contribution in [1.29, 1.82) is 0 Å². The standard InChI is InChI=1S/C15H12F15NO3/c1-4-5-6(2)7(32)34-31(3)8(33)9(16,17)10(18,19)11(20,21)12(22,23)13(24,25)14(26,27)15(28,29)30/h5H,4H2,1-3H3. The zero-order chi connectivity index (χ0) is 27.9. The summed E-state index contributed by atoms with van der Waals surface area (Å²) in [7, 11) is -0.119. The monoisotopic (exact) mass is 539 g/mol. The van der Waals surface area contributed by atoms with Gasteiger partial charge in [-0.2, -0.15) is 70.9 Å². The molecule has 0 bridgehead atoms. The van der Waals surface area contributed by atoms with Crippen molar-refractivity contribution >= 4 is 11.9 Å². The van der Waals surface area contributed by atoms with Gasteiger partial charge >= 0.3 is 53.6 Å². The predicted molar refractivity (Wildman–Crippen MR) is 78.6 cm³/mol. The molecular formula is C15H12F15NO3. The number of hydrogen-bond acceptors (Lipinski definition) is 3. The molecule has 0 spiro atoms. The van der Waals surface area contributed by atoms with Gasteiger partial charge in [-0.3, -0.25) is 4.79 Å². The first-order chi connectivity index (χ1) is 14.7. The molecule has 0 aliphatic heterocycles. The minimum absolute atomic E-state index is 0.0743. The molecule has 0 aromatic rings. The maximum atomic E-state index is 13.8. The second kappa shape index (κ2) is 9.01. The van der Waals surface area contributed by atoms with Gasteiger partial charge in [0.25, 0.3) is 0 Å². The number of rotatable bonds is 8. The van der Waals surface area contributed by atoms with E-state index in [1.807, 2.05) is 0 Å². The van der Waals surface area contributed by atoms with Crippen LogP contribution < -0.4 is 0 Å². The molecule has 0 atom stereocenters. The first-order valence-corrected chi connectivity index (χ1v) is 8.20. The molecule has 0 unspecified atom stereocenters. The fourth-order valence-corrected chi connectivity index (χ4v) is 1.93. The molecule has 0 saturated heterocycles. The molecule has 0 aliphatic carbocycles. The minimum atomic E-state index is -8.53. The van der Waals surface area contributed by atoms with Crippen molar-refractivity contribution in [2.75, 3.05) is 7.05 Å². The van der Waals surface area contributed by atoms with E-state index in [4.69, 9.17) is 0 Å². The van der Waals surface area contributed by atoms with E-state index in [0.29, 0.717) is 0 Å². The summed E-state index contributed by atoms with van der Waals surface area (Å²) in [5.74, 6) is -54.3. The highest BCUT2D eigenvalue weighted by Gasteiger charge is 2.94. The topological polar surface area (TPSA) is 46.6 Å². The molecule has 0 aromatic carbocycles. The van der Waals surface area contributed by atoms with Gasteiger partial charge in [-0.15, -0.1) is 0 Å². The van der Waals surface area contributed by atoms with E-state index < -0.39 is 64.2 Å². The average Bonchev–Trinajstić information content (AvgIpc) is 2.65. The number of nitrogens with zero attached hydrogens (tertiary/aromatic N) is 1. The van der Waals surface area contributed by atoms with Crippen molar-refractivity contribution < 1.29 is 80.3 Å². The summed E-state index contributed by atoms with van der Waals surface area (Å²) in [6.45, 7) is 2.31. The molecule has 0 heterocycles. The number of carbonyl (C=O) groups is 2. The summed E-state index contributed by atoms with van der Waals surface area (Å²) < 4.78 is 197. The van der Waals surface area contributed by atoms with Crippen LogP contribution in [0.15, 0.2) is 11.6 Å². The van der Waals surface area contributed by atoms with Gasteiger partial charge in [-0.05, 0) is 13.3 Å². The Kier molecular flexibility index (Phi) is 8.38. The number of halogens is 15. The molecule has 0 aromatic heterocycles. The van der Waals surface area contributed by atoms with Gasteiger partial charge in [0.05, 0.1) is 0 Å². The highest BCUT2D eigenvalue weighted by atomic mass is 19.4. The molecule has 4 nitrogen and oxygen atoms in total. The van der Waals surface area contributed by atoms with Crippen LogP contribution in [0.5, 0.6) is 0 Å². The maximum Gasteiger partial charge on any atom is 0.460 e. The molecule has 0 aliphatic rings. The van der Waals surface area contributed by atoms with Gasteiger partial charge in [-0.25, -0.2) is 4.79 Å². The fraction of sp³-hybridized carbons (Fsp3) is 0.733. The highest BCUT2D eigenvalue weighted by Crippen LogP contribution is 2.62. The van der Waals surface area contributed by atoms with Crippen molar-refractivity contribution in [3.63, 3.8) is 0 Å². The van der Waals surface area contributed by atoms with Crippen LogP contribution in [0.4, 0.5) is 65.9 Å². The largest absolute Gasteiger partial charge is 0.460 e. The zero-order valence-corrected chi connectivity index (χ0v) is 16.6. The first-order valence-electron chi connectivity index (χ1n) is 8.20. The Morgan fingerprint density at radius 3 is 1.41 bits per heavy atom.